The van der Waals surface area contributed by atoms with Gasteiger partial charge in [-0.15, -0.1) is 0 Å². The Bertz CT molecular complexity index is 1950. The zero-order valence-corrected chi connectivity index (χ0v) is 23.3. The molecule has 1 unspecified atom stereocenters. The van der Waals surface area contributed by atoms with Gasteiger partial charge in [0.15, 0.2) is 27.6 Å². The maximum Gasteiger partial charge on any atom is 0.429 e. The number of aliphatic hydroxyl groups is 1. The largest absolute Gasteiger partial charge is 0.440 e. The van der Waals surface area contributed by atoms with Crippen molar-refractivity contribution in [2.75, 3.05) is 6.26 Å². The van der Waals surface area contributed by atoms with Crippen LogP contribution in [0.1, 0.15) is 29.1 Å². The van der Waals surface area contributed by atoms with Gasteiger partial charge in [0.25, 0.3) is 0 Å². The number of nitrogens with zero attached hydrogens (tertiary/aromatic N) is 3. The van der Waals surface area contributed by atoms with Gasteiger partial charge in [-0.25, -0.2) is 18.4 Å². The third-order valence-electron chi connectivity index (χ3n) is 6.97. The first kappa shape index (κ1) is 26.9. The zero-order chi connectivity index (χ0) is 29.3. The summed E-state index contributed by atoms with van der Waals surface area (Å²) in [4.78, 5) is 9.39. The minimum Gasteiger partial charge on any atom is -0.440 e. The van der Waals surface area contributed by atoms with Crippen molar-refractivity contribution in [2.24, 2.45) is 0 Å². The summed E-state index contributed by atoms with van der Waals surface area (Å²) in [6.45, 7) is 5.43. The summed E-state index contributed by atoms with van der Waals surface area (Å²) < 4.78 is 65.1. The lowest BCUT2D eigenvalue weighted by Crippen LogP contribution is -2.26. The Morgan fingerprint density at radius 2 is 1.68 bits per heavy atom. The summed E-state index contributed by atoms with van der Waals surface area (Å²) in [6, 6.07) is 16.7. The Labute approximate surface area is 234 Å². The number of hydrogen-bond donors (Lipinski definition) is 1. The molecule has 3 heterocycles. The molecule has 0 amide bonds. The predicted octanol–water partition coefficient (Wildman–Crippen LogP) is 6.21. The fourth-order valence-corrected chi connectivity index (χ4v) is 5.74. The van der Waals surface area contributed by atoms with Crippen molar-refractivity contribution in [2.45, 2.75) is 37.9 Å². The molecule has 1 aliphatic heterocycles. The van der Waals surface area contributed by atoms with Crippen LogP contribution >= 0.6 is 0 Å². The van der Waals surface area contributed by atoms with E-state index in [1.165, 1.54) is 12.1 Å². The smallest absolute Gasteiger partial charge is 0.429 e. The average Bonchev–Trinajstić information content (AvgIpc) is 3.54. The van der Waals surface area contributed by atoms with Gasteiger partial charge in [-0.2, -0.15) is 8.78 Å². The molecule has 11 heteroatoms. The van der Waals surface area contributed by atoms with Crippen LogP contribution in [-0.4, -0.2) is 40.4 Å². The van der Waals surface area contributed by atoms with Crippen LogP contribution in [0.25, 0.3) is 39.4 Å². The molecule has 2 aromatic heterocycles. The van der Waals surface area contributed by atoms with Crippen LogP contribution in [0.4, 0.5) is 8.78 Å². The summed E-state index contributed by atoms with van der Waals surface area (Å²) in [5, 5.41) is 10.2. The highest BCUT2D eigenvalue weighted by atomic mass is 32.2. The number of benzene rings is 3. The number of imidazole rings is 1. The molecule has 0 aliphatic carbocycles. The van der Waals surface area contributed by atoms with Crippen LogP contribution < -0.4 is 4.74 Å². The van der Waals surface area contributed by atoms with E-state index in [1.807, 2.05) is 48.9 Å². The highest BCUT2D eigenvalue weighted by molar-refractivity contribution is 7.90. The fourth-order valence-electron chi connectivity index (χ4n) is 5.07. The molecule has 1 N–H and O–H groups in total. The van der Waals surface area contributed by atoms with Gasteiger partial charge >= 0.3 is 6.11 Å². The number of halogens is 2. The number of fused-ring (bicyclic) bond motifs is 1. The van der Waals surface area contributed by atoms with E-state index < -0.39 is 22.0 Å². The van der Waals surface area contributed by atoms with Gasteiger partial charge in [-0.05, 0) is 67.4 Å². The highest BCUT2D eigenvalue weighted by Crippen LogP contribution is 2.47. The molecule has 1 atom stereocenters. The number of oxazole rings is 1. The van der Waals surface area contributed by atoms with Crippen LogP contribution in [-0.2, 0) is 9.84 Å². The Kier molecular flexibility index (Phi) is 6.13. The van der Waals surface area contributed by atoms with E-state index in [9.17, 15) is 22.3 Å². The van der Waals surface area contributed by atoms with E-state index >= 15 is 0 Å². The minimum atomic E-state index is -3.74. The molecular weight excluding hydrogens is 552 g/mol. The van der Waals surface area contributed by atoms with E-state index in [4.69, 9.17) is 4.42 Å². The first-order valence-electron chi connectivity index (χ1n) is 12.7. The normalized spacial score (nSPS) is 16.0. The van der Waals surface area contributed by atoms with E-state index in [2.05, 4.69) is 14.7 Å². The van der Waals surface area contributed by atoms with Crippen LogP contribution in [0.3, 0.4) is 0 Å². The summed E-state index contributed by atoms with van der Waals surface area (Å²) in [6.07, 6.45) is -2.82. The molecule has 5 aromatic rings. The second-order valence-electron chi connectivity index (χ2n) is 10.1. The molecule has 0 bridgehead atoms. The number of alkyl halides is 2. The van der Waals surface area contributed by atoms with Gasteiger partial charge in [0.05, 0.1) is 16.3 Å². The van der Waals surface area contributed by atoms with Crippen molar-refractivity contribution in [1.82, 2.24) is 14.5 Å². The number of aliphatic hydroxyl groups excluding tert-OH is 1. The Morgan fingerprint density at radius 1 is 0.951 bits per heavy atom. The zero-order valence-electron chi connectivity index (χ0n) is 22.5. The van der Waals surface area contributed by atoms with Crippen LogP contribution in [0, 0.1) is 20.8 Å². The number of aromatic nitrogens is 3. The quantitative estimate of drug-likeness (QED) is 0.265. The Balaban J connectivity index is 1.57. The van der Waals surface area contributed by atoms with Crippen molar-refractivity contribution >= 4 is 9.84 Å². The van der Waals surface area contributed by atoms with Crippen molar-refractivity contribution in [3.8, 4) is 45.1 Å². The van der Waals surface area contributed by atoms with Crippen LogP contribution in [0.5, 0.6) is 5.75 Å². The third kappa shape index (κ3) is 4.70. The maximum atomic E-state index is 14.0. The van der Waals surface area contributed by atoms with Crippen LogP contribution in [0.15, 0.2) is 76.2 Å². The summed E-state index contributed by atoms with van der Waals surface area (Å²) in [5.41, 5.74) is 4.40. The fraction of sp³-hybridized carbons (Fsp3) is 0.200. The van der Waals surface area contributed by atoms with E-state index in [-0.39, 0.29) is 16.2 Å². The predicted molar refractivity (Wildman–Crippen MR) is 148 cm³/mol. The Morgan fingerprint density at radius 3 is 2.39 bits per heavy atom. The molecule has 0 spiro atoms. The molecule has 3 aromatic carbocycles. The second kappa shape index (κ2) is 9.35. The van der Waals surface area contributed by atoms with Crippen LogP contribution in [0.2, 0.25) is 0 Å². The number of aryl methyl sites for hydroxylation is 3. The first-order chi connectivity index (χ1) is 19.3. The lowest BCUT2D eigenvalue weighted by atomic mass is 9.97. The summed E-state index contributed by atoms with van der Waals surface area (Å²) in [7, 11) is -3.43. The second-order valence-corrected chi connectivity index (χ2v) is 12.1. The molecule has 6 rings (SSSR count). The molecular formula is C30H25F2N3O5S. The highest BCUT2D eigenvalue weighted by Gasteiger charge is 2.50. The molecule has 0 radical (unpaired) electrons. The minimum absolute atomic E-state index is 0.0554. The number of rotatable bonds is 5. The summed E-state index contributed by atoms with van der Waals surface area (Å²) >= 11 is 0. The molecule has 0 saturated carbocycles. The van der Waals surface area contributed by atoms with Gasteiger partial charge in [0, 0.05) is 36.1 Å². The lowest BCUT2D eigenvalue weighted by Gasteiger charge is -2.14. The van der Waals surface area contributed by atoms with Gasteiger partial charge in [0.2, 0.25) is 0 Å². The van der Waals surface area contributed by atoms with Gasteiger partial charge in [-0.3, -0.25) is 0 Å². The monoisotopic (exact) mass is 577 g/mol. The van der Waals surface area contributed by atoms with E-state index in [0.29, 0.717) is 34.0 Å². The average molecular weight is 578 g/mol. The number of hydrogen-bond acceptors (Lipinski definition) is 7. The maximum absolute atomic E-state index is 14.0. The van der Waals surface area contributed by atoms with Crippen molar-refractivity contribution in [3.63, 3.8) is 0 Å². The van der Waals surface area contributed by atoms with E-state index in [1.54, 1.807) is 31.2 Å². The molecule has 210 valence electrons. The number of ether oxygens (including phenoxy) is 1. The van der Waals surface area contributed by atoms with Gasteiger partial charge in [0.1, 0.15) is 17.3 Å². The Hall–Kier alpha value is -4.35. The summed E-state index contributed by atoms with van der Waals surface area (Å²) in [5.74, 6) is 1.27. The van der Waals surface area contributed by atoms with E-state index in [0.717, 1.165) is 29.0 Å². The molecule has 1 aliphatic rings. The first-order valence-corrected chi connectivity index (χ1v) is 14.6. The lowest BCUT2D eigenvalue weighted by molar-refractivity contribution is -0.224. The molecule has 41 heavy (non-hydrogen) atoms. The van der Waals surface area contributed by atoms with Gasteiger partial charge < -0.3 is 18.8 Å². The SMILES string of the molecule is Cc1cn(-c2ccc(-c3cccc(S(C)(=O)=O)c3)cc2-c2nc(C)oc2-c2ccc3c(c2)C(O)C(F)(F)O3)c(C)n1. The van der Waals surface area contributed by atoms with Crippen molar-refractivity contribution < 1.29 is 31.5 Å². The third-order valence-corrected chi connectivity index (χ3v) is 8.08. The van der Waals surface area contributed by atoms with Crippen molar-refractivity contribution in [3.05, 3.63) is 89.8 Å². The standard InChI is InChI=1S/C30H25F2N3O5S/c1-16-15-35(17(2)33-16)25-10-8-20(19-6-5-7-22(12-19)41(4,37)38)13-23(25)27-28(39-18(3)34-27)21-9-11-26-24(14-21)29(36)30(31,32)40-26/h5-15,29,36H,1-4H3. The topological polar surface area (TPSA) is 107 Å². The molecule has 8 nitrogen and oxygen atoms in total. The molecule has 0 saturated heterocycles. The molecule has 0 fully saturated rings. The number of sulfone groups is 1. The van der Waals surface area contributed by atoms with Gasteiger partial charge in [-0.1, -0.05) is 18.2 Å². The van der Waals surface area contributed by atoms with Crippen molar-refractivity contribution in [1.29, 1.82) is 0 Å².